The molecule has 2 rings (SSSR count). The number of amides is 1. The molecule has 0 radical (unpaired) electrons. The number of carbonyl (C=O) groups excluding carboxylic acids is 1. The van der Waals surface area contributed by atoms with Crippen molar-refractivity contribution >= 4 is 11.7 Å². The fourth-order valence-electron chi connectivity index (χ4n) is 2.60. The Hall–Kier alpha value is -2.09. The lowest BCUT2D eigenvalue weighted by molar-refractivity contribution is -0.126. The Kier molecular flexibility index (Phi) is 5.37. The Balaban J connectivity index is 1.93. The highest BCUT2D eigenvalue weighted by molar-refractivity contribution is 5.79. The van der Waals surface area contributed by atoms with Gasteiger partial charge >= 0.3 is 0 Å². The molecule has 0 aliphatic carbocycles. The van der Waals surface area contributed by atoms with Gasteiger partial charge in [0.1, 0.15) is 11.9 Å². The van der Waals surface area contributed by atoms with E-state index in [2.05, 4.69) is 35.1 Å². The molecule has 0 aromatic carbocycles. The van der Waals surface area contributed by atoms with E-state index in [0.717, 1.165) is 31.7 Å². The molecule has 1 fully saturated rings. The van der Waals surface area contributed by atoms with Crippen molar-refractivity contribution in [2.24, 2.45) is 11.8 Å². The van der Waals surface area contributed by atoms with Gasteiger partial charge in [0.25, 0.3) is 0 Å². The van der Waals surface area contributed by atoms with Crippen molar-refractivity contribution in [2.45, 2.75) is 39.7 Å². The number of nitrogens with one attached hydrogen (secondary N) is 1. The second-order valence-corrected chi connectivity index (χ2v) is 6.29. The molecule has 0 saturated carbocycles. The first-order chi connectivity index (χ1) is 10.5. The van der Waals surface area contributed by atoms with E-state index >= 15 is 0 Å². The van der Waals surface area contributed by atoms with Crippen molar-refractivity contribution in [1.82, 2.24) is 10.3 Å². The Morgan fingerprint density at radius 3 is 2.68 bits per heavy atom. The maximum atomic E-state index is 12.3. The number of aromatic nitrogens is 1. The lowest BCUT2D eigenvalue weighted by atomic mass is 9.94. The predicted molar refractivity (Wildman–Crippen MR) is 86.3 cm³/mol. The summed E-state index contributed by atoms with van der Waals surface area (Å²) in [5.41, 5.74) is 0.596. The van der Waals surface area contributed by atoms with Gasteiger partial charge in [-0.05, 0) is 37.8 Å². The zero-order valence-corrected chi connectivity index (χ0v) is 13.5. The third-order valence-electron chi connectivity index (χ3n) is 4.44. The third kappa shape index (κ3) is 3.76. The summed E-state index contributed by atoms with van der Waals surface area (Å²) in [6.07, 6.45) is 3.31. The molecule has 1 amide bonds. The van der Waals surface area contributed by atoms with Crippen molar-refractivity contribution in [3.05, 3.63) is 23.9 Å². The number of rotatable bonds is 4. The molecule has 0 unspecified atom stereocenters. The average molecular weight is 300 g/mol. The van der Waals surface area contributed by atoms with Crippen LogP contribution in [0.3, 0.4) is 0 Å². The maximum absolute atomic E-state index is 12.3. The molecule has 1 aromatic heterocycles. The molecule has 118 valence electrons. The van der Waals surface area contributed by atoms with Crippen molar-refractivity contribution < 1.29 is 4.79 Å². The van der Waals surface area contributed by atoms with Crippen molar-refractivity contribution in [1.29, 1.82) is 5.26 Å². The van der Waals surface area contributed by atoms with Gasteiger partial charge in [-0.25, -0.2) is 4.98 Å². The van der Waals surface area contributed by atoms with Gasteiger partial charge in [0.05, 0.1) is 5.56 Å². The van der Waals surface area contributed by atoms with Crippen LogP contribution in [0, 0.1) is 23.2 Å². The van der Waals surface area contributed by atoms with Gasteiger partial charge in [-0.3, -0.25) is 4.79 Å². The molecular weight excluding hydrogens is 276 g/mol. The molecule has 1 aromatic rings. The largest absolute Gasteiger partial charge is 0.355 e. The molecule has 0 bridgehead atoms. The van der Waals surface area contributed by atoms with E-state index < -0.39 is 0 Å². The molecule has 1 aliphatic heterocycles. The summed E-state index contributed by atoms with van der Waals surface area (Å²) < 4.78 is 0. The van der Waals surface area contributed by atoms with Crippen LogP contribution in [-0.2, 0) is 4.79 Å². The lowest BCUT2D eigenvalue weighted by Gasteiger charge is -2.33. The van der Waals surface area contributed by atoms with E-state index in [4.69, 9.17) is 5.26 Å². The smallest absolute Gasteiger partial charge is 0.223 e. The monoisotopic (exact) mass is 300 g/mol. The van der Waals surface area contributed by atoms with Gasteiger partial charge in [-0.1, -0.05) is 13.8 Å². The highest BCUT2D eigenvalue weighted by atomic mass is 16.1. The zero-order chi connectivity index (χ0) is 16.1. The van der Waals surface area contributed by atoms with Crippen LogP contribution in [-0.4, -0.2) is 30.0 Å². The Bertz CT molecular complexity index is 556. The summed E-state index contributed by atoms with van der Waals surface area (Å²) in [5.74, 6) is 1.39. The lowest BCUT2D eigenvalue weighted by Crippen LogP contribution is -2.44. The summed E-state index contributed by atoms with van der Waals surface area (Å²) in [7, 11) is 0. The number of piperidine rings is 1. The molecule has 1 N–H and O–H groups in total. The number of nitrogens with zero attached hydrogens (tertiary/aromatic N) is 3. The molecule has 5 heteroatoms. The van der Waals surface area contributed by atoms with Crippen LogP contribution in [0.5, 0.6) is 0 Å². The van der Waals surface area contributed by atoms with Crippen molar-refractivity contribution in [3.8, 4) is 6.07 Å². The fraction of sp³-hybridized carbons (Fsp3) is 0.588. The van der Waals surface area contributed by atoms with E-state index in [1.807, 2.05) is 6.92 Å². The zero-order valence-electron chi connectivity index (χ0n) is 13.5. The summed E-state index contributed by atoms with van der Waals surface area (Å²) in [6.45, 7) is 7.79. The van der Waals surface area contributed by atoms with E-state index in [-0.39, 0.29) is 17.9 Å². The quantitative estimate of drug-likeness (QED) is 0.926. The van der Waals surface area contributed by atoms with Gasteiger partial charge in [0.2, 0.25) is 5.91 Å². The van der Waals surface area contributed by atoms with Gasteiger partial charge in [0, 0.05) is 31.2 Å². The number of carbonyl (C=O) groups is 1. The van der Waals surface area contributed by atoms with Gasteiger partial charge in [-0.2, -0.15) is 5.26 Å². The molecule has 1 saturated heterocycles. The van der Waals surface area contributed by atoms with Gasteiger partial charge in [-0.15, -0.1) is 0 Å². The molecule has 1 atom stereocenters. The number of hydrogen-bond acceptors (Lipinski definition) is 4. The summed E-state index contributed by atoms with van der Waals surface area (Å²) in [6, 6.07) is 5.94. The summed E-state index contributed by atoms with van der Waals surface area (Å²) in [5, 5.41) is 12.3. The third-order valence-corrected chi connectivity index (χ3v) is 4.44. The molecule has 2 heterocycles. The van der Waals surface area contributed by atoms with Crippen LogP contribution in [0.15, 0.2) is 18.3 Å². The Morgan fingerprint density at radius 2 is 2.09 bits per heavy atom. The summed E-state index contributed by atoms with van der Waals surface area (Å²) >= 11 is 0. The first-order valence-electron chi connectivity index (χ1n) is 7.93. The molecule has 1 aliphatic rings. The number of anilines is 1. The number of nitriles is 1. The Labute approximate surface area is 132 Å². The van der Waals surface area contributed by atoms with Crippen LogP contribution in [0.25, 0.3) is 0 Å². The first kappa shape index (κ1) is 16.3. The standard InChI is InChI=1S/C17H24N4O/c1-12(2)13(3)20-17(22)14-6-9-21(10-7-14)16-15(11-18)5-4-8-19-16/h4-5,8,12-14H,6-7,9-10H2,1-3H3,(H,20,22)/t13-/m1/s1. The van der Waals surface area contributed by atoms with Crippen molar-refractivity contribution in [3.63, 3.8) is 0 Å². The van der Waals surface area contributed by atoms with Crippen LogP contribution in [0.2, 0.25) is 0 Å². The minimum atomic E-state index is 0.0618. The molecule has 22 heavy (non-hydrogen) atoms. The number of pyridine rings is 1. The van der Waals surface area contributed by atoms with Crippen LogP contribution in [0.4, 0.5) is 5.82 Å². The second-order valence-electron chi connectivity index (χ2n) is 6.29. The molecule has 0 spiro atoms. The van der Waals surface area contributed by atoms with E-state index in [0.29, 0.717) is 11.5 Å². The van der Waals surface area contributed by atoms with E-state index in [1.54, 1.807) is 18.3 Å². The highest BCUT2D eigenvalue weighted by Crippen LogP contribution is 2.24. The molecule has 5 nitrogen and oxygen atoms in total. The second kappa shape index (κ2) is 7.26. The minimum Gasteiger partial charge on any atom is -0.355 e. The predicted octanol–water partition coefficient (Wildman–Crippen LogP) is 2.33. The number of hydrogen-bond donors (Lipinski definition) is 1. The van der Waals surface area contributed by atoms with E-state index in [1.165, 1.54) is 0 Å². The van der Waals surface area contributed by atoms with Crippen molar-refractivity contribution in [2.75, 3.05) is 18.0 Å². The first-order valence-corrected chi connectivity index (χ1v) is 7.93. The average Bonchev–Trinajstić information content (AvgIpc) is 2.54. The van der Waals surface area contributed by atoms with Crippen LogP contribution in [0.1, 0.15) is 39.2 Å². The Morgan fingerprint density at radius 1 is 1.41 bits per heavy atom. The fourth-order valence-corrected chi connectivity index (χ4v) is 2.60. The SMILES string of the molecule is CC(C)[C@@H](C)NC(=O)C1CCN(c2ncccc2C#N)CC1. The molecular formula is C17H24N4O. The van der Waals surface area contributed by atoms with Crippen LogP contribution >= 0.6 is 0 Å². The maximum Gasteiger partial charge on any atom is 0.223 e. The van der Waals surface area contributed by atoms with Crippen LogP contribution < -0.4 is 10.2 Å². The topological polar surface area (TPSA) is 69.0 Å². The van der Waals surface area contributed by atoms with Gasteiger partial charge in [0.15, 0.2) is 0 Å². The summed E-state index contributed by atoms with van der Waals surface area (Å²) in [4.78, 5) is 18.7. The normalized spacial score (nSPS) is 17.1. The minimum absolute atomic E-state index is 0.0618. The van der Waals surface area contributed by atoms with E-state index in [9.17, 15) is 4.79 Å². The van der Waals surface area contributed by atoms with Gasteiger partial charge < -0.3 is 10.2 Å². The highest BCUT2D eigenvalue weighted by Gasteiger charge is 2.27.